The minimum atomic E-state index is -0.431. The normalized spacial score (nSPS) is 14.2. The number of nitrogen functional groups attached to an aromatic ring is 1. The van der Waals surface area contributed by atoms with Gasteiger partial charge >= 0.3 is 0 Å². The van der Waals surface area contributed by atoms with E-state index in [2.05, 4.69) is 27.2 Å². The molecule has 0 aromatic carbocycles. The topological polar surface area (TPSA) is 97.0 Å². The minimum Gasteiger partial charge on any atom is -0.394 e. The van der Waals surface area contributed by atoms with E-state index in [0.29, 0.717) is 5.82 Å². The molecule has 4 N–H and O–H groups in total. The molecule has 1 unspecified atom stereocenters. The maximum Gasteiger partial charge on any atom is 0.222 e. The first-order valence-corrected chi connectivity index (χ1v) is 6.84. The van der Waals surface area contributed by atoms with E-state index < -0.39 is 5.54 Å². The number of hydrogen-bond donors (Lipinski definition) is 3. The van der Waals surface area contributed by atoms with Crippen molar-refractivity contribution in [3.8, 4) is 0 Å². The van der Waals surface area contributed by atoms with Gasteiger partial charge in [-0.05, 0) is 19.4 Å². The van der Waals surface area contributed by atoms with Gasteiger partial charge in [-0.2, -0.15) is 4.98 Å². The van der Waals surface area contributed by atoms with Crippen LogP contribution in [-0.4, -0.2) is 32.2 Å². The summed E-state index contributed by atoms with van der Waals surface area (Å²) < 4.78 is 0. The Kier molecular flexibility index (Phi) is 4.34. The molecule has 0 spiro atoms. The number of nitrogens with two attached hydrogens (primary N) is 1. The number of aliphatic hydroxyl groups excluding tert-OH is 1. The smallest absolute Gasteiger partial charge is 0.222 e. The highest BCUT2D eigenvalue weighted by Crippen LogP contribution is 2.25. The van der Waals surface area contributed by atoms with Crippen LogP contribution >= 0.6 is 0 Å². The van der Waals surface area contributed by atoms with Crippen molar-refractivity contribution in [2.24, 2.45) is 0 Å². The molecule has 108 valence electrons. The second-order valence-electron chi connectivity index (χ2n) is 5.27. The van der Waals surface area contributed by atoms with Crippen LogP contribution in [0.1, 0.15) is 33.1 Å². The van der Waals surface area contributed by atoms with Crippen molar-refractivity contribution < 1.29 is 5.11 Å². The van der Waals surface area contributed by atoms with Crippen molar-refractivity contribution in [1.82, 2.24) is 15.0 Å². The van der Waals surface area contributed by atoms with Crippen molar-refractivity contribution in [3.05, 3.63) is 18.5 Å². The average Bonchev–Trinajstić information content (AvgIpc) is 2.45. The van der Waals surface area contributed by atoms with Crippen molar-refractivity contribution in [3.63, 3.8) is 0 Å². The van der Waals surface area contributed by atoms with Crippen LogP contribution in [-0.2, 0) is 0 Å². The summed E-state index contributed by atoms with van der Waals surface area (Å²) in [5.74, 6) is 0.829. The summed E-state index contributed by atoms with van der Waals surface area (Å²) in [5, 5.41) is 13.8. The monoisotopic (exact) mass is 275 g/mol. The van der Waals surface area contributed by atoms with E-state index in [4.69, 9.17) is 5.73 Å². The number of rotatable bonds is 6. The maximum atomic E-state index is 9.66. The minimum absolute atomic E-state index is 0.0265. The standard InChI is InChI=1S/C14H21N5O/c1-3-4-6-14(2,9-20)19-12-10-8-16-7-5-11(10)17-13(15)18-12/h5,7-8,20H,3-4,6,9H2,1-2H3,(H3,15,17,18,19). The summed E-state index contributed by atoms with van der Waals surface area (Å²) in [6.07, 6.45) is 6.33. The molecule has 0 saturated carbocycles. The number of aromatic nitrogens is 3. The van der Waals surface area contributed by atoms with E-state index in [-0.39, 0.29) is 12.6 Å². The summed E-state index contributed by atoms with van der Waals surface area (Å²) in [6, 6.07) is 1.79. The lowest BCUT2D eigenvalue weighted by Crippen LogP contribution is -2.39. The Bertz CT molecular complexity index is 589. The third-order valence-electron chi connectivity index (χ3n) is 3.37. The molecule has 1 atom stereocenters. The molecule has 2 heterocycles. The number of hydrogen-bond acceptors (Lipinski definition) is 6. The molecular weight excluding hydrogens is 254 g/mol. The van der Waals surface area contributed by atoms with E-state index in [9.17, 15) is 5.11 Å². The highest BCUT2D eigenvalue weighted by molar-refractivity contribution is 5.89. The Labute approximate surface area is 118 Å². The number of pyridine rings is 1. The molecule has 0 bridgehead atoms. The molecule has 2 rings (SSSR count). The van der Waals surface area contributed by atoms with Crippen LogP contribution < -0.4 is 11.1 Å². The van der Waals surface area contributed by atoms with Gasteiger partial charge in [0.2, 0.25) is 5.95 Å². The molecular formula is C14H21N5O. The molecule has 2 aromatic rings. The second-order valence-corrected chi connectivity index (χ2v) is 5.27. The van der Waals surface area contributed by atoms with Gasteiger partial charge in [0.15, 0.2) is 0 Å². The lowest BCUT2D eigenvalue weighted by atomic mass is 9.96. The van der Waals surface area contributed by atoms with E-state index in [1.54, 1.807) is 18.5 Å². The van der Waals surface area contributed by atoms with Crippen LogP contribution in [0.4, 0.5) is 11.8 Å². The van der Waals surface area contributed by atoms with Gasteiger partial charge in [-0.15, -0.1) is 0 Å². The summed E-state index contributed by atoms with van der Waals surface area (Å²) in [5.41, 5.74) is 6.05. The molecule has 0 radical (unpaired) electrons. The first-order valence-electron chi connectivity index (χ1n) is 6.84. The fourth-order valence-corrected chi connectivity index (χ4v) is 2.12. The van der Waals surface area contributed by atoms with Crippen LogP contribution in [0.2, 0.25) is 0 Å². The molecule has 0 saturated heterocycles. The maximum absolute atomic E-state index is 9.66. The fraction of sp³-hybridized carbons (Fsp3) is 0.500. The number of unbranched alkanes of at least 4 members (excludes halogenated alkanes) is 1. The molecule has 0 aliphatic carbocycles. The number of nitrogens with zero attached hydrogens (tertiary/aromatic N) is 3. The number of fused-ring (bicyclic) bond motifs is 1. The van der Waals surface area contributed by atoms with Crippen molar-refractivity contribution >= 4 is 22.7 Å². The molecule has 0 fully saturated rings. The van der Waals surface area contributed by atoms with Crippen LogP contribution in [0.3, 0.4) is 0 Å². The first kappa shape index (κ1) is 14.5. The number of nitrogens with one attached hydrogen (secondary N) is 1. The van der Waals surface area contributed by atoms with Gasteiger partial charge in [0.05, 0.1) is 23.0 Å². The quantitative estimate of drug-likeness (QED) is 0.745. The van der Waals surface area contributed by atoms with Crippen LogP contribution in [0.15, 0.2) is 18.5 Å². The van der Waals surface area contributed by atoms with Gasteiger partial charge < -0.3 is 16.2 Å². The van der Waals surface area contributed by atoms with Gasteiger partial charge in [0, 0.05) is 12.4 Å². The summed E-state index contributed by atoms with van der Waals surface area (Å²) in [7, 11) is 0. The molecule has 6 nitrogen and oxygen atoms in total. The lowest BCUT2D eigenvalue weighted by molar-refractivity contribution is 0.212. The molecule has 0 aliphatic rings. The third kappa shape index (κ3) is 3.14. The Morgan fingerprint density at radius 2 is 2.20 bits per heavy atom. The molecule has 6 heteroatoms. The summed E-state index contributed by atoms with van der Waals surface area (Å²) >= 11 is 0. The number of aliphatic hydroxyl groups is 1. The van der Waals surface area contributed by atoms with Crippen LogP contribution in [0.5, 0.6) is 0 Å². The Morgan fingerprint density at radius 3 is 2.90 bits per heavy atom. The highest BCUT2D eigenvalue weighted by atomic mass is 16.3. The first-order chi connectivity index (χ1) is 9.58. The van der Waals surface area contributed by atoms with Crippen molar-refractivity contribution in [1.29, 1.82) is 0 Å². The van der Waals surface area contributed by atoms with Gasteiger partial charge in [-0.25, -0.2) is 4.98 Å². The zero-order chi connectivity index (χ0) is 14.6. The molecule has 20 heavy (non-hydrogen) atoms. The van der Waals surface area contributed by atoms with E-state index in [0.717, 1.165) is 30.2 Å². The van der Waals surface area contributed by atoms with Crippen LogP contribution in [0.25, 0.3) is 10.9 Å². The van der Waals surface area contributed by atoms with Gasteiger partial charge in [-0.3, -0.25) is 4.98 Å². The Hall–Kier alpha value is -1.95. The predicted molar refractivity (Wildman–Crippen MR) is 80.4 cm³/mol. The summed E-state index contributed by atoms with van der Waals surface area (Å²) in [6.45, 7) is 4.13. The molecule has 2 aromatic heterocycles. The largest absolute Gasteiger partial charge is 0.394 e. The van der Waals surface area contributed by atoms with E-state index >= 15 is 0 Å². The lowest BCUT2D eigenvalue weighted by Gasteiger charge is -2.29. The van der Waals surface area contributed by atoms with Gasteiger partial charge in [-0.1, -0.05) is 19.8 Å². The van der Waals surface area contributed by atoms with E-state index in [1.165, 1.54) is 0 Å². The van der Waals surface area contributed by atoms with Crippen molar-refractivity contribution in [2.45, 2.75) is 38.6 Å². The Morgan fingerprint density at radius 1 is 1.40 bits per heavy atom. The number of anilines is 2. The second kappa shape index (κ2) is 6.00. The average molecular weight is 275 g/mol. The predicted octanol–water partition coefficient (Wildman–Crippen LogP) is 1.96. The zero-order valence-electron chi connectivity index (χ0n) is 11.9. The van der Waals surface area contributed by atoms with Gasteiger partial charge in [0.25, 0.3) is 0 Å². The summed E-state index contributed by atoms with van der Waals surface area (Å²) in [4.78, 5) is 12.5. The molecule has 0 amide bonds. The Balaban J connectivity index is 2.36. The van der Waals surface area contributed by atoms with Crippen LogP contribution in [0, 0.1) is 0 Å². The zero-order valence-corrected chi connectivity index (χ0v) is 11.9. The highest BCUT2D eigenvalue weighted by Gasteiger charge is 2.24. The van der Waals surface area contributed by atoms with E-state index in [1.807, 2.05) is 6.92 Å². The molecule has 0 aliphatic heterocycles. The van der Waals surface area contributed by atoms with Crippen molar-refractivity contribution in [2.75, 3.05) is 17.7 Å². The fourth-order valence-electron chi connectivity index (χ4n) is 2.12. The SMILES string of the molecule is CCCCC(C)(CO)Nc1nc(N)nc2ccncc12. The van der Waals surface area contributed by atoms with Gasteiger partial charge in [0.1, 0.15) is 5.82 Å². The third-order valence-corrected chi connectivity index (χ3v) is 3.37.